The van der Waals surface area contributed by atoms with Crippen molar-refractivity contribution in [3.05, 3.63) is 42.2 Å². The number of nitrogens with one attached hydrogen (secondary N) is 2. The van der Waals surface area contributed by atoms with Crippen LogP contribution in [0.2, 0.25) is 0 Å². The molecule has 6 heteroatoms. The van der Waals surface area contributed by atoms with Crippen LogP contribution in [0, 0.1) is 0 Å². The topological polar surface area (TPSA) is 76.2 Å². The molecular formula is C14H17N3O3. The molecule has 0 aliphatic carbocycles. The van der Waals surface area contributed by atoms with Gasteiger partial charge in [-0.2, -0.15) is 5.10 Å². The lowest BCUT2D eigenvalue weighted by atomic mass is 10.3. The molecule has 1 heterocycles. The van der Waals surface area contributed by atoms with Crippen LogP contribution in [0.3, 0.4) is 0 Å². The summed E-state index contributed by atoms with van der Waals surface area (Å²) in [6.07, 6.45) is 1.06. The number of nitrogens with zero attached hydrogens (tertiary/aromatic N) is 1. The van der Waals surface area contributed by atoms with Crippen LogP contribution >= 0.6 is 0 Å². The van der Waals surface area contributed by atoms with Crippen LogP contribution < -0.4 is 14.8 Å². The molecule has 6 nitrogen and oxygen atoms in total. The second kappa shape index (κ2) is 6.60. The van der Waals surface area contributed by atoms with Gasteiger partial charge in [-0.3, -0.25) is 9.89 Å². The number of methoxy groups -OCH3 is 1. The van der Waals surface area contributed by atoms with Crippen LogP contribution in [0.1, 0.15) is 12.6 Å². The number of amides is 1. The number of hydrogen-bond acceptors (Lipinski definition) is 4. The fourth-order valence-corrected chi connectivity index (χ4v) is 1.62. The Hall–Kier alpha value is -2.50. The molecule has 106 valence electrons. The third kappa shape index (κ3) is 3.74. The van der Waals surface area contributed by atoms with E-state index in [1.54, 1.807) is 50.6 Å². The van der Waals surface area contributed by atoms with Crippen molar-refractivity contribution < 1.29 is 14.3 Å². The Morgan fingerprint density at radius 1 is 1.30 bits per heavy atom. The predicted molar refractivity (Wildman–Crippen MR) is 73.5 cm³/mol. The van der Waals surface area contributed by atoms with E-state index in [-0.39, 0.29) is 5.91 Å². The minimum Gasteiger partial charge on any atom is -0.497 e. The third-order valence-electron chi connectivity index (χ3n) is 2.75. The summed E-state index contributed by atoms with van der Waals surface area (Å²) in [4.78, 5) is 11.9. The number of carbonyl (C=O) groups is 1. The highest BCUT2D eigenvalue weighted by atomic mass is 16.5. The van der Waals surface area contributed by atoms with Gasteiger partial charge in [-0.1, -0.05) is 0 Å². The Bertz CT molecular complexity index is 537. The summed E-state index contributed by atoms with van der Waals surface area (Å²) >= 11 is 0. The van der Waals surface area contributed by atoms with E-state index in [1.807, 2.05) is 0 Å². The maximum Gasteiger partial charge on any atom is 0.261 e. The van der Waals surface area contributed by atoms with Gasteiger partial charge in [0.25, 0.3) is 5.91 Å². The molecule has 0 aliphatic rings. The molecule has 1 unspecified atom stereocenters. The van der Waals surface area contributed by atoms with Gasteiger partial charge < -0.3 is 14.8 Å². The summed E-state index contributed by atoms with van der Waals surface area (Å²) in [7, 11) is 1.60. The van der Waals surface area contributed by atoms with Crippen molar-refractivity contribution >= 4 is 5.91 Å². The fraction of sp³-hybridized carbons (Fsp3) is 0.286. The Labute approximate surface area is 117 Å². The van der Waals surface area contributed by atoms with Crippen LogP contribution in [0.15, 0.2) is 36.5 Å². The molecule has 1 aromatic carbocycles. The van der Waals surface area contributed by atoms with Crippen LogP contribution in [0.4, 0.5) is 0 Å². The van der Waals surface area contributed by atoms with E-state index in [9.17, 15) is 4.79 Å². The van der Waals surface area contributed by atoms with Crippen molar-refractivity contribution in [2.75, 3.05) is 7.11 Å². The minimum absolute atomic E-state index is 0.185. The average molecular weight is 275 g/mol. The van der Waals surface area contributed by atoms with E-state index in [2.05, 4.69) is 15.5 Å². The van der Waals surface area contributed by atoms with E-state index in [1.165, 1.54) is 0 Å². The van der Waals surface area contributed by atoms with E-state index < -0.39 is 6.10 Å². The van der Waals surface area contributed by atoms with Gasteiger partial charge in [-0.05, 0) is 37.3 Å². The molecule has 2 N–H and O–H groups in total. The molecular weight excluding hydrogens is 258 g/mol. The number of aromatic nitrogens is 2. The lowest BCUT2D eigenvalue weighted by Gasteiger charge is -2.14. The van der Waals surface area contributed by atoms with Gasteiger partial charge in [0.2, 0.25) is 0 Å². The molecule has 0 radical (unpaired) electrons. The van der Waals surface area contributed by atoms with E-state index in [4.69, 9.17) is 9.47 Å². The second-order valence-electron chi connectivity index (χ2n) is 4.24. The van der Waals surface area contributed by atoms with Gasteiger partial charge in [0, 0.05) is 6.20 Å². The summed E-state index contributed by atoms with van der Waals surface area (Å²) in [6, 6.07) is 8.89. The number of rotatable bonds is 6. The highest BCUT2D eigenvalue weighted by Gasteiger charge is 2.14. The number of ether oxygens (including phenoxy) is 2. The highest BCUT2D eigenvalue weighted by Crippen LogP contribution is 2.18. The Morgan fingerprint density at radius 3 is 2.60 bits per heavy atom. The number of aromatic amines is 1. The normalized spacial score (nSPS) is 11.7. The lowest BCUT2D eigenvalue weighted by Crippen LogP contribution is -2.35. The fourth-order valence-electron chi connectivity index (χ4n) is 1.62. The third-order valence-corrected chi connectivity index (χ3v) is 2.75. The molecule has 2 rings (SSSR count). The summed E-state index contributed by atoms with van der Waals surface area (Å²) < 4.78 is 10.6. The van der Waals surface area contributed by atoms with Crippen molar-refractivity contribution in [2.24, 2.45) is 0 Å². The molecule has 0 aliphatic heterocycles. The van der Waals surface area contributed by atoms with E-state index in [0.29, 0.717) is 12.3 Å². The summed E-state index contributed by atoms with van der Waals surface area (Å²) in [6.45, 7) is 2.10. The van der Waals surface area contributed by atoms with Crippen molar-refractivity contribution in [3.63, 3.8) is 0 Å². The molecule has 1 atom stereocenters. The summed E-state index contributed by atoms with van der Waals surface area (Å²) in [5, 5.41) is 9.35. The van der Waals surface area contributed by atoms with Crippen molar-refractivity contribution in [1.29, 1.82) is 0 Å². The van der Waals surface area contributed by atoms with Crippen molar-refractivity contribution in [2.45, 2.75) is 19.6 Å². The molecule has 0 saturated heterocycles. The zero-order valence-electron chi connectivity index (χ0n) is 11.4. The Balaban J connectivity index is 1.83. The van der Waals surface area contributed by atoms with Crippen LogP contribution in [-0.4, -0.2) is 29.3 Å². The van der Waals surface area contributed by atoms with Gasteiger partial charge in [0.1, 0.15) is 11.5 Å². The second-order valence-corrected chi connectivity index (χ2v) is 4.24. The zero-order valence-corrected chi connectivity index (χ0v) is 11.4. The standard InChI is InChI=1S/C14H17N3O3/c1-10(14(18)15-9-11-7-8-16-17-11)20-13-5-3-12(19-2)4-6-13/h3-8,10H,9H2,1-2H3,(H,15,18)(H,16,17). The van der Waals surface area contributed by atoms with Gasteiger partial charge in [-0.15, -0.1) is 0 Å². The maximum atomic E-state index is 11.9. The van der Waals surface area contributed by atoms with E-state index >= 15 is 0 Å². The first-order valence-electron chi connectivity index (χ1n) is 6.25. The monoisotopic (exact) mass is 275 g/mol. The summed E-state index contributed by atoms with van der Waals surface area (Å²) in [5.41, 5.74) is 0.843. The first-order chi connectivity index (χ1) is 9.69. The first kappa shape index (κ1) is 13.9. The van der Waals surface area contributed by atoms with Gasteiger partial charge in [-0.25, -0.2) is 0 Å². The van der Waals surface area contributed by atoms with Crippen molar-refractivity contribution in [1.82, 2.24) is 15.5 Å². The minimum atomic E-state index is -0.577. The van der Waals surface area contributed by atoms with Gasteiger partial charge >= 0.3 is 0 Å². The quantitative estimate of drug-likeness (QED) is 0.837. The maximum absolute atomic E-state index is 11.9. The number of H-pyrrole nitrogens is 1. The molecule has 1 aromatic heterocycles. The molecule has 0 bridgehead atoms. The lowest BCUT2D eigenvalue weighted by molar-refractivity contribution is -0.127. The SMILES string of the molecule is COc1ccc(OC(C)C(=O)NCc2ccn[nH]2)cc1. The first-order valence-corrected chi connectivity index (χ1v) is 6.25. The molecule has 0 spiro atoms. The van der Waals surface area contributed by atoms with Crippen molar-refractivity contribution in [3.8, 4) is 11.5 Å². The van der Waals surface area contributed by atoms with Crippen LogP contribution in [0.25, 0.3) is 0 Å². The Morgan fingerprint density at radius 2 is 2.00 bits per heavy atom. The molecule has 1 amide bonds. The van der Waals surface area contributed by atoms with Crippen LogP contribution in [-0.2, 0) is 11.3 Å². The average Bonchev–Trinajstić information content (AvgIpc) is 2.98. The van der Waals surface area contributed by atoms with E-state index in [0.717, 1.165) is 11.4 Å². The van der Waals surface area contributed by atoms with Crippen LogP contribution in [0.5, 0.6) is 11.5 Å². The van der Waals surface area contributed by atoms with Gasteiger partial charge in [0.15, 0.2) is 6.10 Å². The number of hydrogen-bond donors (Lipinski definition) is 2. The number of benzene rings is 1. The Kier molecular flexibility index (Phi) is 4.60. The molecule has 2 aromatic rings. The molecule has 0 fully saturated rings. The van der Waals surface area contributed by atoms with Gasteiger partial charge in [0.05, 0.1) is 19.3 Å². The molecule has 20 heavy (non-hydrogen) atoms. The largest absolute Gasteiger partial charge is 0.497 e. The zero-order chi connectivity index (χ0) is 14.4. The molecule has 0 saturated carbocycles. The predicted octanol–water partition coefficient (Wildman–Crippen LogP) is 1.50. The summed E-state index contributed by atoms with van der Waals surface area (Å²) in [5.74, 6) is 1.18. The number of carbonyl (C=O) groups excluding carboxylic acids is 1. The smallest absolute Gasteiger partial charge is 0.261 e. The highest BCUT2D eigenvalue weighted by molar-refractivity contribution is 5.80.